The fourth-order valence-corrected chi connectivity index (χ4v) is 4.36. The highest BCUT2D eigenvalue weighted by molar-refractivity contribution is 5.90. The lowest BCUT2D eigenvalue weighted by atomic mass is 9.87. The number of hydrogen-bond acceptors (Lipinski definition) is 4. The van der Waals surface area contributed by atoms with Crippen molar-refractivity contribution in [2.45, 2.75) is 50.2 Å². The van der Waals surface area contributed by atoms with Crippen LogP contribution in [0.4, 0.5) is 13.2 Å². The van der Waals surface area contributed by atoms with Crippen molar-refractivity contribution in [3.8, 4) is 11.4 Å². The molecule has 2 N–H and O–H groups in total. The van der Waals surface area contributed by atoms with Crippen molar-refractivity contribution in [2.75, 3.05) is 6.54 Å². The molecule has 2 fully saturated rings. The second kappa shape index (κ2) is 7.09. The van der Waals surface area contributed by atoms with E-state index < -0.39 is 11.7 Å². The van der Waals surface area contributed by atoms with Crippen LogP contribution in [0.15, 0.2) is 30.5 Å². The van der Waals surface area contributed by atoms with E-state index >= 15 is 0 Å². The molecule has 29 heavy (non-hydrogen) atoms. The lowest BCUT2D eigenvalue weighted by Crippen LogP contribution is -2.37. The number of rotatable bonds is 4. The van der Waals surface area contributed by atoms with Crippen molar-refractivity contribution in [3.05, 3.63) is 41.7 Å². The molecule has 1 saturated heterocycles. The van der Waals surface area contributed by atoms with E-state index in [1.807, 2.05) is 0 Å². The second-order valence-corrected chi connectivity index (χ2v) is 8.15. The van der Waals surface area contributed by atoms with E-state index in [1.165, 1.54) is 18.9 Å². The van der Waals surface area contributed by atoms with Gasteiger partial charge in [0.05, 0.1) is 11.3 Å². The maximum Gasteiger partial charge on any atom is 0.418 e. The molecule has 1 unspecified atom stereocenters. The summed E-state index contributed by atoms with van der Waals surface area (Å²) in [4.78, 5) is 8.65. The Morgan fingerprint density at radius 2 is 1.97 bits per heavy atom. The maximum absolute atomic E-state index is 13.7. The van der Waals surface area contributed by atoms with Crippen molar-refractivity contribution in [1.82, 2.24) is 25.5 Å². The third-order valence-corrected chi connectivity index (χ3v) is 6.02. The highest BCUT2D eigenvalue weighted by atomic mass is 19.4. The van der Waals surface area contributed by atoms with Crippen LogP contribution in [0.2, 0.25) is 0 Å². The molecule has 0 aromatic carbocycles. The summed E-state index contributed by atoms with van der Waals surface area (Å²) in [6, 6.07) is 6.54. The van der Waals surface area contributed by atoms with Gasteiger partial charge in [-0.05, 0) is 56.0 Å². The zero-order valence-electron chi connectivity index (χ0n) is 15.8. The van der Waals surface area contributed by atoms with Crippen molar-refractivity contribution in [1.29, 1.82) is 0 Å². The van der Waals surface area contributed by atoms with Crippen LogP contribution < -0.4 is 5.32 Å². The number of aromatic amines is 1. The Balaban J connectivity index is 1.54. The quantitative estimate of drug-likeness (QED) is 0.667. The normalized spacial score (nSPS) is 22.9. The van der Waals surface area contributed by atoms with Gasteiger partial charge in [-0.15, -0.1) is 0 Å². The van der Waals surface area contributed by atoms with Gasteiger partial charge in [-0.3, -0.25) is 10.1 Å². The van der Waals surface area contributed by atoms with Crippen LogP contribution in [0.25, 0.3) is 22.4 Å². The molecular formula is C21H22F3N5. The number of nitrogens with zero attached hydrogens (tertiary/aromatic N) is 3. The van der Waals surface area contributed by atoms with Gasteiger partial charge in [-0.2, -0.15) is 18.3 Å². The molecule has 1 aliphatic heterocycles. The summed E-state index contributed by atoms with van der Waals surface area (Å²) in [5.74, 6) is 0.972. The first-order valence-corrected chi connectivity index (χ1v) is 10.1. The molecular weight excluding hydrogens is 379 g/mol. The Bertz CT molecular complexity index is 1020. The molecule has 0 radical (unpaired) electrons. The van der Waals surface area contributed by atoms with Crippen LogP contribution in [0.1, 0.15) is 49.3 Å². The predicted octanol–water partition coefficient (Wildman–Crippen LogP) is 4.67. The average molecular weight is 401 g/mol. The zero-order chi connectivity index (χ0) is 20.0. The number of aromatic nitrogens is 4. The van der Waals surface area contributed by atoms with E-state index in [4.69, 9.17) is 0 Å². The fourth-order valence-electron chi connectivity index (χ4n) is 4.36. The van der Waals surface area contributed by atoms with Crippen LogP contribution in [-0.4, -0.2) is 32.8 Å². The van der Waals surface area contributed by atoms with Gasteiger partial charge in [0, 0.05) is 29.2 Å². The van der Waals surface area contributed by atoms with Gasteiger partial charge < -0.3 is 5.32 Å². The number of halogens is 3. The average Bonchev–Trinajstić information content (AvgIpc) is 3.42. The Morgan fingerprint density at radius 3 is 2.76 bits per heavy atom. The first kappa shape index (κ1) is 18.5. The van der Waals surface area contributed by atoms with E-state index in [2.05, 4.69) is 25.5 Å². The summed E-state index contributed by atoms with van der Waals surface area (Å²) in [6.07, 6.45) is 2.61. The number of fused-ring (bicyclic) bond motifs is 1. The third kappa shape index (κ3) is 3.73. The van der Waals surface area contributed by atoms with Crippen LogP contribution in [0.3, 0.4) is 0 Å². The highest BCUT2D eigenvalue weighted by Crippen LogP contribution is 2.40. The zero-order valence-corrected chi connectivity index (χ0v) is 15.8. The van der Waals surface area contributed by atoms with Gasteiger partial charge in [0.15, 0.2) is 5.65 Å². The van der Waals surface area contributed by atoms with Crippen molar-refractivity contribution in [2.24, 2.45) is 5.92 Å². The van der Waals surface area contributed by atoms with E-state index in [0.717, 1.165) is 37.4 Å². The number of H-pyrrole nitrogens is 1. The minimum Gasteiger partial charge on any atom is -0.314 e. The fraction of sp³-hybridized carbons (Fsp3) is 0.476. The van der Waals surface area contributed by atoms with Crippen molar-refractivity contribution in [3.63, 3.8) is 0 Å². The molecule has 0 amide bonds. The van der Waals surface area contributed by atoms with Gasteiger partial charge in [-0.25, -0.2) is 4.98 Å². The smallest absolute Gasteiger partial charge is 0.314 e. The lowest BCUT2D eigenvalue weighted by Gasteiger charge is -2.30. The first-order valence-electron chi connectivity index (χ1n) is 10.1. The summed E-state index contributed by atoms with van der Waals surface area (Å²) in [6.45, 7) is 0.872. The highest BCUT2D eigenvalue weighted by Gasteiger charge is 2.37. The summed E-state index contributed by atoms with van der Waals surface area (Å²) < 4.78 is 41.2. The molecule has 1 saturated carbocycles. The van der Waals surface area contributed by atoms with E-state index in [-0.39, 0.29) is 17.3 Å². The maximum atomic E-state index is 13.7. The van der Waals surface area contributed by atoms with Crippen LogP contribution in [-0.2, 0) is 6.18 Å². The standard InChI is InChI=1S/C21H22F3N5/c22-21(23,24)16-5-6-17(13-7-9-25-14(11-13)10-12-3-4-12)27-19(16)18-15-2-1-8-26-20(15)29-28-18/h1-2,5-6,8,12-14,25H,3-4,7,9-11H2,(H,26,28,29)/t13?,14-/m0/s1. The molecule has 2 aliphatic rings. The Morgan fingerprint density at radius 1 is 1.10 bits per heavy atom. The summed E-state index contributed by atoms with van der Waals surface area (Å²) >= 11 is 0. The van der Waals surface area contributed by atoms with Gasteiger partial charge in [0.25, 0.3) is 0 Å². The SMILES string of the molecule is FC(F)(F)c1ccc(C2CCN[C@@H](CC3CC3)C2)nc1-c1[nH]nc2ncccc12. The molecule has 4 heterocycles. The molecule has 3 aromatic heterocycles. The van der Waals surface area contributed by atoms with Gasteiger partial charge in [-0.1, -0.05) is 12.8 Å². The minimum atomic E-state index is -4.50. The Labute approximate surface area is 166 Å². The van der Waals surface area contributed by atoms with E-state index in [1.54, 1.807) is 24.4 Å². The number of alkyl halides is 3. The molecule has 5 nitrogen and oxygen atoms in total. The molecule has 152 valence electrons. The molecule has 5 rings (SSSR count). The van der Waals surface area contributed by atoms with Crippen LogP contribution in [0, 0.1) is 5.92 Å². The topological polar surface area (TPSA) is 66.5 Å². The molecule has 0 spiro atoms. The van der Waals surface area contributed by atoms with Gasteiger partial charge >= 0.3 is 6.18 Å². The third-order valence-electron chi connectivity index (χ3n) is 6.02. The Hall–Kier alpha value is -2.48. The first-order chi connectivity index (χ1) is 14.0. The number of pyridine rings is 2. The monoisotopic (exact) mass is 401 g/mol. The lowest BCUT2D eigenvalue weighted by molar-refractivity contribution is -0.137. The van der Waals surface area contributed by atoms with Gasteiger partial charge in [0.1, 0.15) is 5.69 Å². The molecule has 8 heteroatoms. The van der Waals surface area contributed by atoms with Crippen molar-refractivity contribution < 1.29 is 13.2 Å². The Kier molecular flexibility index (Phi) is 4.53. The van der Waals surface area contributed by atoms with Crippen molar-refractivity contribution >= 4 is 11.0 Å². The summed E-state index contributed by atoms with van der Waals surface area (Å²) in [7, 11) is 0. The summed E-state index contributed by atoms with van der Waals surface area (Å²) in [5.41, 5.74) is 0.531. The second-order valence-electron chi connectivity index (χ2n) is 8.15. The van der Waals surface area contributed by atoms with E-state index in [0.29, 0.717) is 17.1 Å². The van der Waals surface area contributed by atoms with Gasteiger partial charge in [0.2, 0.25) is 0 Å². The minimum absolute atomic E-state index is 0.0947. The van der Waals surface area contributed by atoms with E-state index in [9.17, 15) is 13.2 Å². The largest absolute Gasteiger partial charge is 0.418 e. The molecule has 3 aromatic rings. The molecule has 1 aliphatic carbocycles. The van der Waals surface area contributed by atoms with Crippen LogP contribution >= 0.6 is 0 Å². The predicted molar refractivity (Wildman–Crippen MR) is 103 cm³/mol. The molecule has 0 bridgehead atoms. The number of nitrogens with one attached hydrogen (secondary N) is 2. The summed E-state index contributed by atoms with van der Waals surface area (Å²) in [5, 5.41) is 10.9. The number of hydrogen-bond donors (Lipinski definition) is 2. The molecule has 2 atom stereocenters. The number of piperidine rings is 1. The van der Waals surface area contributed by atoms with Crippen LogP contribution in [0.5, 0.6) is 0 Å².